The van der Waals surface area contributed by atoms with E-state index >= 15 is 0 Å². The third-order valence-electron chi connectivity index (χ3n) is 3.66. The molecule has 0 aromatic rings. The summed E-state index contributed by atoms with van der Waals surface area (Å²) >= 11 is 0. The molecule has 5 nitrogen and oxygen atoms in total. The number of hydrogen-bond donors (Lipinski definition) is 2. The highest BCUT2D eigenvalue weighted by molar-refractivity contribution is 6.73. The lowest BCUT2D eigenvalue weighted by molar-refractivity contribution is -0.0890. The summed E-state index contributed by atoms with van der Waals surface area (Å²) in [4.78, 5) is 4.48. The molecule has 1 saturated heterocycles. The topological polar surface area (TPSA) is 77.1 Å². The Bertz CT molecular complexity index is 356. The maximum atomic E-state index is 10.1. The van der Waals surface area contributed by atoms with Crippen molar-refractivity contribution in [3.8, 4) is 0 Å². The molecule has 3 N–H and O–H groups in total. The van der Waals surface area contributed by atoms with Gasteiger partial charge in [-0.15, -0.1) is 0 Å². The number of hydrogen-bond acceptors (Lipinski definition) is 5. The molecule has 1 unspecified atom stereocenters. The predicted molar refractivity (Wildman–Crippen MR) is 81.6 cm³/mol. The number of aliphatic hydroxyl groups is 1. The Morgan fingerprint density at radius 3 is 2.60 bits per heavy atom. The summed E-state index contributed by atoms with van der Waals surface area (Å²) in [6, 6.07) is 0. The molecule has 1 radical (unpaired) electrons. The van der Waals surface area contributed by atoms with Gasteiger partial charge in [-0.05, 0) is 59.2 Å². The van der Waals surface area contributed by atoms with Crippen molar-refractivity contribution < 1.29 is 14.5 Å². The Hall–Kier alpha value is -0.845. The first-order valence-corrected chi connectivity index (χ1v) is 7.07. The Labute approximate surface area is 122 Å². The van der Waals surface area contributed by atoms with Crippen LogP contribution < -0.4 is 5.73 Å². The maximum absolute atomic E-state index is 10.1. The molecule has 0 aromatic carbocycles. The summed E-state index contributed by atoms with van der Waals surface area (Å²) in [5.41, 5.74) is 4.34. The van der Waals surface area contributed by atoms with E-state index in [1.807, 2.05) is 13.8 Å². The van der Waals surface area contributed by atoms with Gasteiger partial charge in [-0.25, -0.2) is 0 Å². The molecule has 20 heavy (non-hydrogen) atoms. The van der Waals surface area contributed by atoms with Crippen LogP contribution in [0.3, 0.4) is 0 Å². The van der Waals surface area contributed by atoms with E-state index in [1.165, 1.54) is 13.7 Å². The first-order valence-electron chi connectivity index (χ1n) is 7.07. The van der Waals surface area contributed by atoms with Crippen LogP contribution in [0, 0.1) is 0 Å². The van der Waals surface area contributed by atoms with Crippen LogP contribution in [-0.2, 0) is 9.39 Å². The zero-order chi connectivity index (χ0) is 15.2. The molecule has 0 bridgehead atoms. The summed E-state index contributed by atoms with van der Waals surface area (Å²) < 4.78 is 11.2. The highest BCUT2D eigenvalue weighted by Crippen LogP contribution is 2.24. The molecule has 0 saturated carbocycles. The molecule has 1 aliphatic rings. The van der Waals surface area contributed by atoms with E-state index < -0.39 is 11.2 Å². The minimum absolute atomic E-state index is 0.139. The van der Waals surface area contributed by atoms with Crippen molar-refractivity contribution in [2.24, 2.45) is 10.7 Å². The Morgan fingerprint density at radius 1 is 1.40 bits per heavy atom. The molecule has 0 aliphatic carbocycles. The lowest BCUT2D eigenvalue weighted by atomic mass is 9.84. The fraction of sp³-hybridized carbons (Fsp3) is 0.786. The van der Waals surface area contributed by atoms with Gasteiger partial charge in [-0.2, -0.15) is 0 Å². The number of ether oxygens (including phenoxy) is 1. The van der Waals surface area contributed by atoms with Crippen molar-refractivity contribution >= 4 is 13.1 Å². The second kappa shape index (κ2) is 7.25. The number of rotatable bonds is 6. The van der Waals surface area contributed by atoms with E-state index in [4.69, 9.17) is 15.1 Å². The molecular weight excluding hydrogens is 255 g/mol. The van der Waals surface area contributed by atoms with Crippen LogP contribution in [0.2, 0.25) is 0 Å². The van der Waals surface area contributed by atoms with Crippen molar-refractivity contribution in [2.45, 2.75) is 64.4 Å². The van der Waals surface area contributed by atoms with Crippen LogP contribution >= 0.6 is 0 Å². The van der Waals surface area contributed by atoms with E-state index in [1.54, 1.807) is 19.9 Å². The van der Waals surface area contributed by atoms with Crippen molar-refractivity contribution in [3.05, 3.63) is 12.3 Å². The number of nitrogens with zero attached hydrogens (tertiary/aromatic N) is 1. The standard InChI is InChI=1S/C14H26BN2O3/c1-13(2,18)14(3,4)20-15-11(8-9-16)17-12-7-5-6-10-19-12/h8-9,12,18H,5-7,10,16H2,1-4H3/b9-8-,17-11-. The van der Waals surface area contributed by atoms with Crippen molar-refractivity contribution in [1.29, 1.82) is 0 Å². The lowest BCUT2D eigenvalue weighted by Gasteiger charge is -2.37. The maximum Gasteiger partial charge on any atom is 0.351 e. The average Bonchev–Trinajstić information content (AvgIpc) is 2.36. The minimum atomic E-state index is -0.970. The van der Waals surface area contributed by atoms with Gasteiger partial charge in [0.1, 0.15) is 6.23 Å². The molecule has 1 aliphatic heterocycles. The van der Waals surface area contributed by atoms with Gasteiger partial charge in [0, 0.05) is 12.2 Å². The molecule has 6 heteroatoms. The van der Waals surface area contributed by atoms with Crippen LogP contribution in [0.5, 0.6) is 0 Å². The van der Waals surface area contributed by atoms with E-state index in [-0.39, 0.29) is 6.23 Å². The van der Waals surface area contributed by atoms with Crippen LogP contribution in [-0.4, -0.2) is 42.2 Å². The largest absolute Gasteiger partial charge is 0.425 e. The van der Waals surface area contributed by atoms with Gasteiger partial charge >= 0.3 is 7.48 Å². The van der Waals surface area contributed by atoms with Gasteiger partial charge in [-0.3, -0.25) is 4.99 Å². The van der Waals surface area contributed by atoms with Crippen LogP contribution in [0.1, 0.15) is 47.0 Å². The smallest absolute Gasteiger partial charge is 0.351 e. The van der Waals surface area contributed by atoms with Gasteiger partial charge in [0.05, 0.1) is 11.2 Å². The zero-order valence-corrected chi connectivity index (χ0v) is 12.9. The van der Waals surface area contributed by atoms with Gasteiger partial charge in [0.15, 0.2) is 0 Å². The second-order valence-electron chi connectivity index (χ2n) is 6.04. The first-order chi connectivity index (χ1) is 9.26. The molecule has 1 fully saturated rings. The average molecular weight is 281 g/mol. The molecule has 0 amide bonds. The molecule has 1 rings (SSSR count). The third-order valence-corrected chi connectivity index (χ3v) is 3.66. The summed E-state index contributed by atoms with van der Waals surface area (Å²) in [5.74, 6) is 0. The van der Waals surface area contributed by atoms with Gasteiger partial charge in [-0.1, -0.05) is 0 Å². The van der Waals surface area contributed by atoms with Crippen LogP contribution in [0.15, 0.2) is 17.3 Å². The molecule has 113 valence electrons. The molecule has 0 spiro atoms. The number of nitrogens with two attached hydrogens (primary N) is 1. The molecular formula is C14H26BN2O3. The highest BCUT2D eigenvalue weighted by Gasteiger charge is 2.36. The first kappa shape index (κ1) is 17.2. The summed E-state index contributed by atoms with van der Waals surface area (Å²) in [6.07, 6.45) is 6.05. The zero-order valence-electron chi connectivity index (χ0n) is 12.9. The van der Waals surface area contributed by atoms with E-state index in [0.29, 0.717) is 5.61 Å². The van der Waals surface area contributed by atoms with Gasteiger partial charge in [0.25, 0.3) is 0 Å². The van der Waals surface area contributed by atoms with Crippen LogP contribution in [0.4, 0.5) is 0 Å². The fourth-order valence-corrected chi connectivity index (χ4v) is 1.56. The SMILES string of the molecule is CC(C)(O)C(C)(C)O[B]C(/C=C\N)=N\C1CCCCO1. The molecule has 0 aromatic heterocycles. The van der Waals surface area contributed by atoms with E-state index in [0.717, 1.165) is 25.9 Å². The third kappa shape index (κ3) is 5.27. The van der Waals surface area contributed by atoms with Gasteiger partial charge < -0.3 is 20.2 Å². The Morgan fingerprint density at radius 2 is 2.10 bits per heavy atom. The monoisotopic (exact) mass is 281 g/mol. The predicted octanol–water partition coefficient (Wildman–Crippen LogP) is 1.57. The lowest BCUT2D eigenvalue weighted by Crippen LogP contribution is -2.48. The highest BCUT2D eigenvalue weighted by atomic mass is 16.5. The van der Waals surface area contributed by atoms with E-state index in [2.05, 4.69) is 4.99 Å². The van der Waals surface area contributed by atoms with Crippen molar-refractivity contribution in [2.75, 3.05) is 6.61 Å². The van der Waals surface area contributed by atoms with Crippen molar-refractivity contribution in [3.63, 3.8) is 0 Å². The molecule has 1 atom stereocenters. The van der Waals surface area contributed by atoms with E-state index in [9.17, 15) is 5.11 Å². The number of allylic oxidation sites excluding steroid dienone is 1. The summed E-state index contributed by atoms with van der Waals surface area (Å²) in [5, 5.41) is 10.1. The summed E-state index contributed by atoms with van der Waals surface area (Å²) in [7, 11) is 1.53. The van der Waals surface area contributed by atoms with Gasteiger partial charge in [0.2, 0.25) is 0 Å². The van der Waals surface area contributed by atoms with Crippen LogP contribution in [0.25, 0.3) is 0 Å². The minimum Gasteiger partial charge on any atom is -0.425 e. The molecule has 1 heterocycles. The fourth-order valence-electron chi connectivity index (χ4n) is 1.56. The summed E-state index contributed by atoms with van der Waals surface area (Å²) in [6.45, 7) is 7.81. The quantitative estimate of drug-likeness (QED) is 0.572. The normalized spacial score (nSPS) is 22.2. The Balaban J connectivity index is 2.65. The van der Waals surface area contributed by atoms with Crippen molar-refractivity contribution in [1.82, 2.24) is 0 Å². The number of aliphatic imine (C=N–C) groups is 1. The Kier molecular flexibility index (Phi) is 6.23. The second-order valence-corrected chi connectivity index (χ2v) is 6.04.